The Labute approximate surface area is 284 Å². The fraction of sp³-hybridized carbons (Fsp3) is 0. The molecule has 0 amide bonds. The molecule has 3 aromatic heterocycles. The van der Waals surface area contributed by atoms with E-state index in [1.807, 2.05) is 0 Å². The summed E-state index contributed by atoms with van der Waals surface area (Å²) in [7, 11) is 0. The fourth-order valence-electron chi connectivity index (χ4n) is 7.68. The summed E-state index contributed by atoms with van der Waals surface area (Å²) in [5.41, 5.74) is 8.61. The van der Waals surface area contributed by atoms with E-state index < -0.39 is 0 Å². The van der Waals surface area contributed by atoms with Crippen LogP contribution in [0.5, 0.6) is 0 Å². The second kappa shape index (κ2) is 10.1. The van der Waals surface area contributed by atoms with Crippen LogP contribution in [-0.4, -0.2) is 9.55 Å². The Kier molecular flexibility index (Phi) is 5.54. The third kappa shape index (κ3) is 3.98. The lowest BCUT2D eigenvalue weighted by Crippen LogP contribution is -1.94. The van der Waals surface area contributed by atoms with Gasteiger partial charge in [-0.2, -0.15) is 0 Å². The monoisotopic (exact) mass is 642 g/mol. The van der Waals surface area contributed by atoms with Crippen molar-refractivity contribution >= 4 is 86.0 Å². The molecule has 11 aromatic rings. The van der Waals surface area contributed by atoms with Crippen molar-refractivity contribution in [3.63, 3.8) is 0 Å². The molecule has 0 unspecified atom stereocenters. The Hall–Kier alpha value is -6.23. The van der Waals surface area contributed by atoms with Gasteiger partial charge >= 0.3 is 0 Å². The van der Waals surface area contributed by atoms with E-state index in [0.29, 0.717) is 5.89 Å². The zero-order valence-corrected chi connectivity index (χ0v) is 27.0. The molecule has 49 heavy (non-hydrogen) atoms. The molecule has 8 aromatic carbocycles. The number of rotatable bonds is 3. The summed E-state index contributed by atoms with van der Waals surface area (Å²) in [5.74, 6) is 0.633. The van der Waals surface area contributed by atoms with Crippen molar-refractivity contribution in [3.05, 3.63) is 158 Å². The quantitative estimate of drug-likeness (QED) is 0.192. The van der Waals surface area contributed by atoms with E-state index >= 15 is 0 Å². The zero-order chi connectivity index (χ0) is 32.1. The van der Waals surface area contributed by atoms with Crippen molar-refractivity contribution in [2.75, 3.05) is 0 Å². The standard InChI is InChI=1S/C45H26N2OS/c1-2-8-27(9-3-1)32-16-20-35-41(26-32)49-40-23-21-37-44(43(35)40)48-45(46-37)29-14-18-33(19-15-29)47-38-22-17-28-10-6-7-13-34(28)42(38)36-24-30-11-4-5-12-31(30)25-39(36)47/h1-26H. The van der Waals surface area contributed by atoms with Crippen molar-refractivity contribution in [2.45, 2.75) is 0 Å². The average Bonchev–Trinajstić information content (AvgIpc) is 3.85. The van der Waals surface area contributed by atoms with Gasteiger partial charge in [0.2, 0.25) is 5.89 Å². The van der Waals surface area contributed by atoms with Crippen molar-refractivity contribution in [2.24, 2.45) is 0 Å². The maximum absolute atomic E-state index is 6.60. The van der Waals surface area contributed by atoms with Crippen LogP contribution in [0, 0.1) is 0 Å². The SMILES string of the molecule is c1ccc(-c2ccc3c(c2)sc2ccc4nc(-c5ccc(-n6c7cc8ccccc8cc7c7c8ccccc8ccc76)cc5)oc4c23)cc1. The molecule has 0 fully saturated rings. The summed E-state index contributed by atoms with van der Waals surface area (Å²) in [6, 6.07) is 56.6. The molecule has 0 spiro atoms. The molecule has 0 bridgehead atoms. The Bertz CT molecular complexity index is 3090. The molecule has 11 rings (SSSR count). The van der Waals surface area contributed by atoms with Crippen LogP contribution in [0.25, 0.3) is 103 Å². The van der Waals surface area contributed by atoms with Crippen LogP contribution < -0.4 is 0 Å². The van der Waals surface area contributed by atoms with Crippen LogP contribution in [0.1, 0.15) is 0 Å². The van der Waals surface area contributed by atoms with Gasteiger partial charge in [-0.3, -0.25) is 0 Å². The largest absolute Gasteiger partial charge is 0.435 e. The third-order valence-corrected chi connectivity index (χ3v) is 11.1. The molecule has 3 nitrogen and oxygen atoms in total. The third-order valence-electron chi connectivity index (χ3n) is 9.99. The van der Waals surface area contributed by atoms with E-state index in [-0.39, 0.29) is 0 Å². The van der Waals surface area contributed by atoms with Gasteiger partial charge in [0.05, 0.1) is 11.0 Å². The summed E-state index contributed by atoms with van der Waals surface area (Å²) < 4.78 is 11.5. The van der Waals surface area contributed by atoms with Crippen LogP contribution in [0.15, 0.2) is 162 Å². The second-order valence-corrected chi connectivity index (χ2v) is 13.8. The maximum Gasteiger partial charge on any atom is 0.227 e. The lowest BCUT2D eigenvalue weighted by atomic mass is 10.0. The number of benzene rings is 8. The molecular weight excluding hydrogens is 617 g/mol. The van der Waals surface area contributed by atoms with E-state index in [1.165, 1.54) is 69.3 Å². The van der Waals surface area contributed by atoms with E-state index in [4.69, 9.17) is 9.40 Å². The molecule has 4 heteroatoms. The predicted molar refractivity (Wildman–Crippen MR) is 207 cm³/mol. The topological polar surface area (TPSA) is 31.0 Å². The van der Waals surface area contributed by atoms with Crippen LogP contribution in [0.2, 0.25) is 0 Å². The molecule has 228 valence electrons. The molecule has 0 aliphatic heterocycles. The van der Waals surface area contributed by atoms with Gasteiger partial charge < -0.3 is 8.98 Å². The summed E-state index contributed by atoms with van der Waals surface area (Å²) >= 11 is 1.80. The number of thiophene rings is 1. The Morgan fingerprint density at radius 1 is 0.469 bits per heavy atom. The molecule has 0 radical (unpaired) electrons. The smallest absolute Gasteiger partial charge is 0.227 e. The second-order valence-electron chi connectivity index (χ2n) is 12.8. The van der Waals surface area contributed by atoms with Crippen LogP contribution in [0.4, 0.5) is 0 Å². The lowest BCUT2D eigenvalue weighted by Gasteiger charge is -2.09. The van der Waals surface area contributed by atoms with Gasteiger partial charge in [0.25, 0.3) is 0 Å². The Morgan fingerprint density at radius 2 is 1.22 bits per heavy atom. The lowest BCUT2D eigenvalue weighted by molar-refractivity contribution is 0.623. The van der Waals surface area contributed by atoms with Gasteiger partial charge in [0.15, 0.2) is 5.58 Å². The van der Waals surface area contributed by atoms with E-state index in [9.17, 15) is 0 Å². The fourth-order valence-corrected chi connectivity index (χ4v) is 8.83. The minimum absolute atomic E-state index is 0.633. The van der Waals surface area contributed by atoms with Gasteiger partial charge in [-0.15, -0.1) is 11.3 Å². The number of nitrogens with zero attached hydrogens (tertiary/aromatic N) is 2. The first-order chi connectivity index (χ1) is 24.3. The molecule has 0 aliphatic rings. The number of fused-ring (bicyclic) bond motifs is 11. The summed E-state index contributed by atoms with van der Waals surface area (Å²) in [5, 5.41) is 9.88. The first-order valence-electron chi connectivity index (χ1n) is 16.5. The van der Waals surface area contributed by atoms with Crippen LogP contribution >= 0.6 is 11.3 Å². The highest BCUT2D eigenvalue weighted by molar-refractivity contribution is 7.26. The molecule has 0 aliphatic carbocycles. The Balaban J connectivity index is 1.05. The van der Waals surface area contributed by atoms with Gasteiger partial charge in [0, 0.05) is 42.2 Å². The minimum Gasteiger partial charge on any atom is -0.435 e. The number of oxazole rings is 1. The zero-order valence-electron chi connectivity index (χ0n) is 26.2. The first-order valence-corrected chi connectivity index (χ1v) is 17.4. The molecule has 0 N–H and O–H groups in total. The Morgan fingerprint density at radius 3 is 2.08 bits per heavy atom. The van der Waals surface area contributed by atoms with E-state index in [0.717, 1.165) is 27.7 Å². The summed E-state index contributed by atoms with van der Waals surface area (Å²) in [6.07, 6.45) is 0. The molecule has 0 saturated carbocycles. The predicted octanol–water partition coefficient (Wildman–Crippen LogP) is 12.9. The summed E-state index contributed by atoms with van der Waals surface area (Å²) in [4.78, 5) is 4.98. The van der Waals surface area contributed by atoms with Gasteiger partial charge in [-0.1, -0.05) is 97.1 Å². The highest BCUT2D eigenvalue weighted by Gasteiger charge is 2.18. The van der Waals surface area contributed by atoms with Crippen molar-refractivity contribution in [1.82, 2.24) is 9.55 Å². The van der Waals surface area contributed by atoms with Gasteiger partial charge in [0.1, 0.15) is 5.52 Å². The molecule has 3 heterocycles. The van der Waals surface area contributed by atoms with Crippen molar-refractivity contribution < 1.29 is 4.42 Å². The van der Waals surface area contributed by atoms with E-state index in [1.54, 1.807) is 11.3 Å². The van der Waals surface area contributed by atoms with Crippen molar-refractivity contribution in [1.29, 1.82) is 0 Å². The normalized spacial score (nSPS) is 12.1. The van der Waals surface area contributed by atoms with Crippen molar-refractivity contribution in [3.8, 4) is 28.3 Å². The van der Waals surface area contributed by atoms with Gasteiger partial charge in [-0.25, -0.2) is 4.98 Å². The summed E-state index contributed by atoms with van der Waals surface area (Å²) in [6.45, 7) is 0. The number of hydrogen-bond acceptors (Lipinski definition) is 3. The molecular formula is C45H26N2OS. The highest BCUT2D eigenvalue weighted by atomic mass is 32.1. The van der Waals surface area contributed by atoms with Crippen LogP contribution in [-0.2, 0) is 0 Å². The van der Waals surface area contributed by atoms with Gasteiger partial charge in [-0.05, 0) is 93.3 Å². The van der Waals surface area contributed by atoms with Crippen LogP contribution in [0.3, 0.4) is 0 Å². The highest BCUT2D eigenvalue weighted by Crippen LogP contribution is 2.42. The van der Waals surface area contributed by atoms with E-state index in [2.05, 4.69) is 162 Å². The maximum atomic E-state index is 6.60. The minimum atomic E-state index is 0.633. The molecule has 0 atom stereocenters. The molecule has 0 saturated heterocycles. The average molecular weight is 643 g/mol. The number of hydrogen-bond donors (Lipinski definition) is 0. The number of aromatic nitrogens is 2. The first kappa shape index (κ1) is 26.8.